The van der Waals surface area contributed by atoms with E-state index in [1.54, 1.807) is 19.1 Å². The molecule has 146 valence electrons. The summed E-state index contributed by atoms with van der Waals surface area (Å²) in [5, 5.41) is 3.04. The lowest BCUT2D eigenvalue weighted by Gasteiger charge is -2.29. The molecule has 0 radical (unpaired) electrons. The van der Waals surface area contributed by atoms with E-state index < -0.39 is 0 Å². The number of hydrogen-bond donors (Lipinski definition) is 3. The molecule has 26 heavy (non-hydrogen) atoms. The van der Waals surface area contributed by atoms with E-state index in [-0.39, 0.29) is 5.91 Å². The highest BCUT2D eigenvalue weighted by Gasteiger charge is 2.25. The molecular formula is C20H35N3O3+2. The van der Waals surface area contributed by atoms with Gasteiger partial charge in [-0.05, 0) is 30.5 Å². The predicted octanol–water partition coefficient (Wildman–Crippen LogP) is -0.850. The van der Waals surface area contributed by atoms with E-state index in [0.717, 1.165) is 57.2 Å². The van der Waals surface area contributed by atoms with Gasteiger partial charge in [0.2, 0.25) is 0 Å². The van der Waals surface area contributed by atoms with Gasteiger partial charge in [-0.1, -0.05) is 13.8 Å². The van der Waals surface area contributed by atoms with Crippen LogP contribution in [0.2, 0.25) is 0 Å². The van der Waals surface area contributed by atoms with Crippen LogP contribution in [0.25, 0.3) is 0 Å². The lowest BCUT2D eigenvalue weighted by atomic mass is 10.1. The monoisotopic (exact) mass is 365 g/mol. The van der Waals surface area contributed by atoms with Crippen molar-refractivity contribution in [2.45, 2.75) is 26.8 Å². The number of carbonyl (C=O) groups is 1. The first kappa shape index (κ1) is 20.5. The van der Waals surface area contributed by atoms with E-state index in [9.17, 15) is 4.79 Å². The van der Waals surface area contributed by atoms with Gasteiger partial charge in [-0.15, -0.1) is 0 Å². The van der Waals surface area contributed by atoms with Crippen LogP contribution < -0.4 is 24.6 Å². The van der Waals surface area contributed by atoms with Gasteiger partial charge < -0.3 is 24.6 Å². The Labute approximate surface area is 157 Å². The minimum absolute atomic E-state index is 0.184. The molecule has 1 heterocycles. The van der Waals surface area contributed by atoms with E-state index in [0.29, 0.717) is 12.5 Å². The predicted molar refractivity (Wildman–Crippen MR) is 102 cm³/mol. The molecule has 1 amide bonds. The van der Waals surface area contributed by atoms with Crippen molar-refractivity contribution in [1.82, 2.24) is 5.32 Å². The maximum Gasteiger partial charge on any atom is 0.275 e. The number of ether oxygens (including phenoxy) is 2. The average molecular weight is 366 g/mol. The second-order valence-electron chi connectivity index (χ2n) is 7.58. The molecule has 3 N–H and O–H groups in total. The number of amides is 1. The van der Waals surface area contributed by atoms with Gasteiger partial charge in [0, 0.05) is 12.1 Å². The van der Waals surface area contributed by atoms with Gasteiger partial charge >= 0.3 is 0 Å². The number of methoxy groups -OCH3 is 2. The zero-order chi connectivity index (χ0) is 18.9. The fourth-order valence-corrected chi connectivity index (χ4v) is 3.38. The topological polar surface area (TPSA) is 56.4 Å². The summed E-state index contributed by atoms with van der Waals surface area (Å²) in [6.45, 7) is 11.0. The molecule has 2 rings (SSSR count). The second-order valence-corrected chi connectivity index (χ2v) is 7.58. The van der Waals surface area contributed by atoms with Crippen LogP contribution in [0.3, 0.4) is 0 Å². The normalized spacial score (nSPS) is 20.0. The molecule has 0 aromatic heterocycles. The van der Waals surface area contributed by atoms with Crippen molar-refractivity contribution >= 4 is 5.91 Å². The summed E-state index contributed by atoms with van der Waals surface area (Å²) in [5.41, 5.74) is 1.26. The summed E-state index contributed by atoms with van der Waals surface area (Å²) < 4.78 is 10.7. The first-order chi connectivity index (χ1) is 12.5. The van der Waals surface area contributed by atoms with Gasteiger partial charge in [-0.2, -0.15) is 0 Å². The van der Waals surface area contributed by atoms with Gasteiger partial charge in [0.25, 0.3) is 5.91 Å². The lowest BCUT2D eigenvalue weighted by molar-refractivity contribution is -1.02. The molecule has 0 atom stereocenters. The summed E-state index contributed by atoms with van der Waals surface area (Å²) in [7, 11) is 3.33. The van der Waals surface area contributed by atoms with Crippen LogP contribution in [0.15, 0.2) is 18.2 Å². The van der Waals surface area contributed by atoms with E-state index in [4.69, 9.17) is 9.47 Å². The summed E-state index contributed by atoms with van der Waals surface area (Å²) in [5.74, 6) is 2.37. The lowest BCUT2D eigenvalue weighted by Crippen LogP contribution is -3.28. The molecule has 1 aliphatic rings. The molecule has 1 aromatic carbocycles. The van der Waals surface area contributed by atoms with Crippen LogP contribution in [-0.4, -0.2) is 59.4 Å². The zero-order valence-corrected chi connectivity index (χ0v) is 16.7. The fourth-order valence-electron chi connectivity index (χ4n) is 3.38. The Morgan fingerprint density at radius 3 is 2.35 bits per heavy atom. The third-order valence-corrected chi connectivity index (χ3v) is 5.02. The Bertz CT molecular complexity index is 569. The van der Waals surface area contributed by atoms with Gasteiger partial charge in [0.05, 0.1) is 14.2 Å². The first-order valence-corrected chi connectivity index (χ1v) is 9.66. The number of rotatable bonds is 9. The number of piperazine rings is 1. The summed E-state index contributed by atoms with van der Waals surface area (Å²) in [4.78, 5) is 15.0. The number of hydrogen-bond acceptors (Lipinski definition) is 3. The van der Waals surface area contributed by atoms with E-state index in [1.165, 1.54) is 10.5 Å². The van der Waals surface area contributed by atoms with Crippen molar-refractivity contribution in [3.05, 3.63) is 23.8 Å². The fraction of sp³-hybridized carbons (Fsp3) is 0.650. The van der Waals surface area contributed by atoms with Crippen LogP contribution in [0.5, 0.6) is 11.5 Å². The maximum absolute atomic E-state index is 12.0. The van der Waals surface area contributed by atoms with Crippen molar-refractivity contribution in [3.8, 4) is 11.5 Å². The van der Waals surface area contributed by atoms with Gasteiger partial charge in [0.1, 0.15) is 32.7 Å². The highest BCUT2D eigenvalue weighted by atomic mass is 16.5. The van der Waals surface area contributed by atoms with Gasteiger partial charge in [0.15, 0.2) is 18.0 Å². The molecule has 6 nitrogen and oxygen atoms in total. The molecule has 1 aromatic rings. The third-order valence-electron chi connectivity index (χ3n) is 5.02. The number of nitrogens with one attached hydrogen (secondary N) is 3. The minimum atomic E-state index is 0.184. The van der Waals surface area contributed by atoms with Crippen LogP contribution in [0.4, 0.5) is 0 Å². The summed E-state index contributed by atoms with van der Waals surface area (Å²) in [6, 6.07) is 6.14. The molecule has 0 spiro atoms. The van der Waals surface area contributed by atoms with Crippen molar-refractivity contribution < 1.29 is 24.1 Å². The highest BCUT2D eigenvalue weighted by molar-refractivity contribution is 5.76. The largest absolute Gasteiger partial charge is 0.493 e. The zero-order valence-electron chi connectivity index (χ0n) is 16.7. The van der Waals surface area contributed by atoms with Crippen molar-refractivity contribution in [2.24, 2.45) is 5.92 Å². The van der Waals surface area contributed by atoms with E-state index in [1.807, 2.05) is 6.07 Å². The molecular weight excluding hydrogens is 330 g/mol. The van der Waals surface area contributed by atoms with Crippen LogP contribution in [0.1, 0.15) is 25.8 Å². The van der Waals surface area contributed by atoms with Gasteiger partial charge in [-0.3, -0.25) is 4.79 Å². The third kappa shape index (κ3) is 6.50. The number of carbonyl (C=O) groups excluding carboxylic acids is 1. The van der Waals surface area contributed by atoms with Crippen molar-refractivity contribution in [3.63, 3.8) is 0 Å². The number of quaternary nitrogens is 2. The first-order valence-electron chi connectivity index (χ1n) is 9.66. The Hall–Kier alpha value is -1.79. The smallest absolute Gasteiger partial charge is 0.275 e. The Kier molecular flexibility index (Phi) is 8.19. The molecule has 1 aliphatic heterocycles. The van der Waals surface area contributed by atoms with Crippen LogP contribution in [-0.2, 0) is 11.3 Å². The molecule has 1 fully saturated rings. The van der Waals surface area contributed by atoms with Crippen molar-refractivity contribution in [2.75, 3.05) is 53.5 Å². The standard InChI is InChI=1S/C20H33N3O3/c1-16(2)7-8-21-20(24)15-23-11-9-22(10-12-23)14-17-5-6-18(25-3)19(13-17)26-4/h5-6,13,16H,7-12,14-15H2,1-4H3,(H,21,24)/p+2. The Balaban J connectivity index is 1.74. The molecule has 0 aliphatic carbocycles. The molecule has 6 heteroatoms. The summed E-state index contributed by atoms with van der Waals surface area (Å²) >= 11 is 0. The second kappa shape index (κ2) is 10.4. The van der Waals surface area contributed by atoms with Crippen LogP contribution in [0, 0.1) is 5.92 Å². The number of benzene rings is 1. The van der Waals surface area contributed by atoms with E-state index >= 15 is 0 Å². The minimum Gasteiger partial charge on any atom is -0.493 e. The molecule has 0 unspecified atom stereocenters. The average Bonchev–Trinajstić information content (AvgIpc) is 2.63. The molecule has 1 saturated heterocycles. The Morgan fingerprint density at radius 1 is 1.08 bits per heavy atom. The summed E-state index contributed by atoms with van der Waals surface area (Å²) in [6.07, 6.45) is 1.05. The molecule has 0 bridgehead atoms. The SMILES string of the molecule is COc1ccc(C[NH+]2CC[NH+](CC(=O)NCCC(C)C)CC2)cc1OC. The van der Waals surface area contributed by atoms with E-state index in [2.05, 4.69) is 31.3 Å². The van der Waals surface area contributed by atoms with Crippen molar-refractivity contribution in [1.29, 1.82) is 0 Å². The van der Waals surface area contributed by atoms with Crippen LogP contribution >= 0.6 is 0 Å². The highest BCUT2D eigenvalue weighted by Crippen LogP contribution is 2.27. The Morgan fingerprint density at radius 2 is 1.73 bits per heavy atom. The van der Waals surface area contributed by atoms with Gasteiger partial charge in [-0.25, -0.2) is 0 Å². The quantitative estimate of drug-likeness (QED) is 0.534. The molecule has 0 saturated carbocycles. The maximum atomic E-state index is 12.0.